The molecule has 0 saturated heterocycles. The van der Waals surface area contributed by atoms with Crippen molar-refractivity contribution in [1.82, 2.24) is 4.48 Å². The molecule has 7 heteroatoms. The molecule has 1 aliphatic rings. The Bertz CT molecular complexity index is 923. The molecule has 4 nitrogen and oxygen atoms in total. The summed E-state index contributed by atoms with van der Waals surface area (Å²) in [6, 6.07) is 9.78. The lowest BCUT2D eigenvalue weighted by Gasteiger charge is -2.34. The first-order chi connectivity index (χ1) is 12.4. The summed E-state index contributed by atoms with van der Waals surface area (Å²) in [7, 11) is 1.57. The van der Waals surface area contributed by atoms with Crippen molar-refractivity contribution in [3.8, 4) is 5.75 Å². The van der Waals surface area contributed by atoms with E-state index in [-0.39, 0.29) is 27.1 Å². The van der Waals surface area contributed by atoms with Gasteiger partial charge in [0.1, 0.15) is 23.1 Å². The van der Waals surface area contributed by atoms with E-state index in [4.69, 9.17) is 27.9 Å². The Hall–Kier alpha value is -1.92. The Labute approximate surface area is 161 Å². The molecule has 1 heterocycles. The molecule has 1 aliphatic heterocycles. The predicted molar refractivity (Wildman–Crippen MR) is 104 cm³/mol. The average molecular weight is 396 g/mol. The molecule has 0 spiro atoms. The third-order valence-corrected chi connectivity index (χ3v) is 5.19. The largest absolute Gasteiger partial charge is 0.497 e. The number of para-hydroxylation sites is 1. The number of aryl methyl sites for hydroxylation is 1. The molecule has 0 aromatic heterocycles. The number of hydrogen-bond donors (Lipinski definition) is 1. The highest BCUT2D eigenvalue weighted by Crippen LogP contribution is 2.51. The number of allylic oxidation sites excluding steroid dienone is 1. The number of aliphatic imine (C=N–C) groups is 1. The summed E-state index contributed by atoms with van der Waals surface area (Å²) < 4.78 is 19.9. The van der Waals surface area contributed by atoms with Gasteiger partial charge in [0.05, 0.1) is 7.11 Å². The van der Waals surface area contributed by atoms with E-state index in [0.29, 0.717) is 22.8 Å². The van der Waals surface area contributed by atoms with Gasteiger partial charge in [0, 0.05) is 23.2 Å². The Morgan fingerprint density at radius 1 is 1.19 bits per heavy atom. The minimum Gasteiger partial charge on any atom is -0.497 e. The van der Waals surface area contributed by atoms with Gasteiger partial charge in [-0.15, -0.1) is 0 Å². The summed E-state index contributed by atoms with van der Waals surface area (Å²) in [6.45, 7) is 3.22. The molecule has 0 radical (unpaired) electrons. The van der Waals surface area contributed by atoms with Crippen molar-refractivity contribution >= 4 is 39.9 Å². The first-order valence-electron chi connectivity index (χ1n) is 7.92. The number of benzene rings is 2. The molecule has 0 aliphatic carbocycles. The van der Waals surface area contributed by atoms with Crippen LogP contribution < -0.4 is 9.22 Å². The molecule has 2 aromatic carbocycles. The number of rotatable bonds is 4. The van der Waals surface area contributed by atoms with Crippen LogP contribution in [0.4, 0.5) is 15.8 Å². The molecule has 136 valence electrons. The summed E-state index contributed by atoms with van der Waals surface area (Å²) in [5.74, 6) is 0.115. The maximum absolute atomic E-state index is 15.0. The van der Waals surface area contributed by atoms with Gasteiger partial charge in [-0.1, -0.05) is 17.7 Å². The average Bonchev–Trinajstić information content (AvgIpc) is 2.84. The Balaban J connectivity index is 2.45. The van der Waals surface area contributed by atoms with Crippen molar-refractivity contribution < 1.29 is 14.2 Å². The molecular weight excluding hydrogens is 378 g/mol. The standard InChI is InChI=1S/C19H18Cl2FN2O2/c1-11-9-13(26-3)7-8-16(11)24(17(10-25)12(2)23-19(24)21)18-14(20)5-4-6-15(18)22/h4-9,25H,10H2,1-3H3/q+1. The minimum absolute atomic E-state index is 0.0896. The molecule has 2 aromatic rings. The van der Waals surface area contributed by atoms with Gasteiger partial charge in [-0.05, 0) is 38.1 Å². The number of methoxy groups -OCH3 is 1. The predicted octanol–water partition coefficient (Wildman–Crippen LogP) is 5.27. The highest BCUT2D eigenvalue weighted by atomic mass is 35.5. The fourth-order valence-corrected chi connectivity index (χ4v) is 4.08. The normalized spacial score (nSPS) is 19.7. The second kappa shape index (κ2) is 7.00. The molecule has 26 heavy (non-hydrogen) atoms. The summed E-state index contributed by atoms with van der Waals surface area (Å²) in [5, 5.41) is 10.4. The summed E-state index contributed by atoms with van der Waals surface area (Å²) >= 11 is 13.0. The molecule has 0 fully saturated rings. The van der Waals surface area contributed by atoms with E-state index in [0.717, 1.165) is 5.56 Å². The van der Waals surface area contributed by atoms with Crippen molar-refractivity contribution in [3.05, 3.63) is 64.2 Å². The highest BCUT2D eigenvalue weighted by molar-refractivity contribution is 6.68. The number of aliphatic hydroxyl groups excluding tert-OH is 1. The van der Waals surface area contributed by atoms with E-state index < -0.39 is 5.82 Å². The van der Waals surface area contributed by atoms with Crippen LogP contribution in [-0.4, -0.2) is 24.1 Å². The van der Waals surface area contributed by atoms with Crippen molar-refractivity contribution in [2.75, 3.05) is 13.7 Å². The SMILES string of the molecule is COc1ccc([N+]2(c3c(F)cccc3Cl)C(Cl)=NC(C)=C2CO)c(C)c1. The summed E-state index contributed by atoms with van der Waals surface area (Å²) in [6.07, 6.45) is 0. The third-order valence-electron chi connectivity index (χ3n) is 4.55. The summed E-state index contributed by atoms with van der Waals surface area (Å²) in [4.78, 5) is 4.33. The maximum Gasteiger partial charge on any atom is 0.315 e. The maximum atomic E-state index is 15.0. The van der Waals surface area contributed by atoms with Crippen LogP contribution in [-0.2, 0) is 0 Å². The monoisotopic (exact) mass is 395 g/mol. The fraction of sp³-hybridized carbons (Fsp3) is 0.211. The number of quaternary nitrogens is 1. The van der Waals surface area contributed by atoms with Crippen LogP contribution in [0.15, 0.2) is 52.8 Å². The van der Waals surface area contributed by atoms with Crippen molar-refractivity contribution in [1.29, 1.82) is 0 Å². The Morgan fingerprint density at radius 2 is 1.92 bits per heavy atom. The van der Waals surface area contributed by atoms with E-state index in [1.807, 2.05) is 13.0 Å². The van der Waals surface area contributed by atoms with E-state index in [1.54, 1.807) is 32.2 Å². The van der Waals surface area contributed by atoms with E-state index in [1.165, 1.54) is 12.1 Å². The minimum atomic E-state index is -0.540. The second-order valence-corrected chi connectivity index (χ2v) is 6.71. The smallest absolute Gasteiger partial charge is 0.315 e. The van der Waals surface area contributed by atoms with Crippen LogP contribution in [0.3, 0.4) is 0 Å². The van der Waals surface area contributed by atoms with E-state index in [9.17, 15) is 9.50 Å². The molecule has 1 unspecified atom stereocenters. The van der Waals surface area contributed by atoms with Crippen LogP contribution in [0.2, 0.25) is 5.02 Å². The van der Waals surface area contributed by atoms with Gasteiger partial charge < -0.3 is 9.84 Å². The van der Waals surface area contributed by atoms with Gasteiger partial charge in [-0.2, -0.15) is 9.48 Å². The second-order valence-electron chi connectivity index (χ2n) is 5.96. The van der Waals surface area contributed by atoms with Gasteiger partial charge in [0.15, 0.2) is 17.2 Å². The van der Waals surface area contributed by atoms with Crippen molar-refractivity contribution in [2.24, 2.45) is 4.99 Å². The quantitative estimate of drug-likeness (QED) is 0.565. The van der Waals surface area contributed by atoms with E-state index >= 15 is 0 Å². The van der Waals surface area contributed by atoms with E-state index in [2.05, 4.69) is 4.99 Å². The highest BCUT2D eigenvalue weighted by Gasteiger charge is 2.52. The number of ether oxygens (including phenoxy) is 1. The molecule has 1 atom stereocenters. The van der Waals surface area contributed by atoms with Gasteiger partial charge in [0.2, 0.25) is 5.69 Å². The molecule has 0 amide bonds. The number of amidine groups is 1. The fourth-order valence-electron chi connectivity index (χ4n) is 3.39. The number of aliphatic hydroxyl groups is 1. The van der Waals surface area contributed by atoms with Crippen LogP contribution in [0.5, 0.6) is 5.75 Å². The molecule has 3 rings (SSSR count). The lowest BCUT2D eigenvalue weighted by Crippen LogP contribution is -2.46. The van der Waals surface area contributed by atoms with Crippen LogP contribution in [0, 0.1) is 12.7 Å². The zero-order valence-corrected chi connectivity index (χ0v) is 16.1. The lowest BCUT2D eigenvalue weighted by atomic mass is 10.1. The van der Waals surface area contributed by atoms with Gasteiger partial charge in [-0.3, -0.25) is 0 Å². The van der Waals surface area contributed by atoms with Gasteiger partial charge in [0.25, 0.3) is 0 Å². The lowest BCUT2D eigenvalue weighted by molar-refractivity contribution is 0.309. The zero-order chi connectivity index (χ0) is 19.1. The van der Waals surface area contributed by atoms with Crippen molar-refractivity contribution in [3.63, 3.8) is 0 Å². The molecule has 0 bridgehead atoms. The first-order valence-corrected chi connectivity index (χ1v) is 8.68. The van der Waals surface area contributed by atoms with Gasteiger partial charge in [-0.25, -0.2) is 4.39 Å². The topological polar surface area (TPSA) is 41.8 Å². The van der Waals surface area contributed by atoms with Crippen LogP contribution in [0.25, 0.3) is 0 Å². The van der Waals surface area contributed by atoms with Crippen LogP contribution in [0.1, 0.15) is 12.5 Å². The first kappa shape index (κ1) is 18.9. The number of halogens is 3. The summed E-state index contributed by atoms with van der Waals surface area (Å²) in [5.41, 5.74) is 2.50. The Kier molecular flexibility index (Phi) is 5.08. The molecular formula is C19H18Cl2FN2O2+. The van der Waals surface area contributed by atoms with Crippen molar-refractivity contribution in [2.45, 2.75) is 13.8 Å². The number of hydrogen-bond acceptors (Lipinski definition) is 3. The molecule has 0 saturated carbocycles. The Morgan fingerprint density at radius 3 is 2.50 bits per heavy atom. The molecule has 1 N–H and O–H groups in total. The zero-order valence-electron chi connectivity index (χ0n) is 14.6. The van der Waals surface area contributed by atoms with Gasteiger partial charge >= 0.3 is 5.29 Å². The third kappa shape index (κ3) is 2.63. The number of nitrogens with zero attached hydrogens (tertiary/aromatic N) is 2. The van der Waals surface area contributed by atoms with Crippen LogP contribution >= 0.6 is 23.2 Å².